The fraction of sp³-hybridized carbons (Fsp3) is 0.109. The van der Waals surface area contributed by atoms with Gasteiger partial charge in [0.15, 0.2) is 5.69 Å². The van der Waals surface area contributed by atoms with Crippen LogP contribution in [-0.2, 0) is 0 Å². The molecule has 3 heterocycles. The Bertz CT molecular complexity index is 3260. The highest BCUT2D eigenvalue weighted by Crippen LogP contribution is 2.44. The van der Waals surface area contributed by atoms with Gasteiger partial charge in [-0.25, -0.2) is 4.85 Å². The van der Waals surface area contributed by atoms with Crippen LogP contribution in [0.3, 0.4) is 0 Å². The van der Waals surface area contributed by atoms with Crippen molar-refractivity contribution >= 4 is 50.6 Å². The zero-order valence-electron chi connectivity index (χ0n) is 34.2. The lowest BCUT2D eigenvalue weighted by Crippen LogP contribution is -2.58. The third-order valence-electron chi connectivity index (χ3n) is 12.8. The summed E-state index contributed by atoms with van der Waals surface area (Å²) in [6.45, 7) is 20.9. The molecule has 0 amide bonds. The molecule has 0 fully saturated rings. The zero-order valence-corrected chi connectivity index (χ0v) is 34.2. The van der Waals surface area contributed by atoms with E-state index in [2.05, 4.69) is 178 Å². The first kappa shape index (κ1) is 35.1. The van der Waals surface area contributed by atoms with Crippen LogP contribution in [0.4, 0.5) is 5.69 Å². The fourth-order valence-corrected chi connectivity index (χ4v) is 10.6. The number of benzene rings is 8. The van der Waals surface area contributed by atoms with Crippen LogP contribution in [0.5, 0.6) is 11.5 Å². The SMILES string of the molecule is [C-]#[N+]c1ccc(-c2cc3c4c(c2)-n2c5ccc(-c6c(C)cc(C)cc6C)cc5c5cc(-c6c(C)cc(C)cc6C)cc(c52)B4c2ccc(-c4ccccc4)cc2O3)cc1. The molecule has 0 N–H and O–H groups in total. The summed E-state index contributed by atoms with van der Waals surface area (Å²) in [4.78, 5) is 3.67. The molecule has 0 radical (unpaired) electrons. The quantitative estimate of drug-likeness (QED) is 0.129. The van der Waals surface area contributed by atoms with Crippen LogP contribution in [0.25, 0.3) is 76.8 Å². The van der Waals surface area contributed by atoms with Gasteiger partial charge in [-0.3, -0.25) is 0 Å². The first-order chi connectivity index (χ1) is 28.6. The Labute approximate surface area is 346 Å². The number of nitrogens with zero attached hydrogens (tertiary/aromatic N) is 2. The first-order valence-corrected chi connectivity index (χ1v) is 20.5. The summed E-state index contributed by atoms with van der Waals surface area (Å²) in [5.74, 6) is 1.75. The second kappa shape index (κ2) is 13.0. The van der Waals surface area contributed by atoms with Crippen molar-refractivity contribution in [1.29, 1.82) is 0 Å². The van der Waals surface area contributed by atoms with Crippen molar-refractivity contribution in [3.05, 3.63) is 184 Å². The number of rotatable bonds is 4. The Morgan fingerprint density at radius 1 is 0.492 bits per heavy atom. The van der Waals surface area contributed by atoms with Crippen LogP contribution >= 0.6 is 0 Å². The Morgan fingerprint density at radius 2 is 1.08 bits per heavy atom. The van der Waals surface area contributed by atoms with Gasteiger partial charge in [0.05, 0.1) is 12.1 Å². The van der Waals surface area contributed by atoms with Crippen LogP contribution in [-0.4, -0.2) is 11.3 Å². The summed E-state index contributed by atoms with van der Waals surface area (Å²) in [6.07, 6.45) is 0. The highest BCUT2D eigenvalue weighted by molar-refractivity contribution is 6.99. The predicted molar refractivity (Wildman–Crippen MR) is 248 cm³/mol. The fourth-order valence-electron chi connectivity index (χ4n) is 10.6. The Hall–Kier alpha value is -7.09. The van der Waals surface area contributed by atoms with Gasteiger partial charge < -0.3 is 9.30 Å². The second-order valence-corrected chi connectivity index (χ2v) is 16.8. The van der Waals surface area contributed by atoms with E-state index in [1.165, 1.54) is 93.8 Å². The molecule has 9 aromatic rings. The summed E-state index contributed by atoms with van der Waals surface area (Å²) in [6, 6.07) is 51.1. The maximum Gasteiger partial charge on any atom is 0.256 e. The van der Waals surface area contributed by atoms with Gasteiger partial charge in [0.1, 0.15) is 11.5 Å². The minimum absolute atomic E-state index is 0.0569. The summed E-state index contributed by atoms with van der Waals surface area (Å²) in [5.41, 5.74) is 25.0. The van der Waals surface area contributed by atoms with E-state index < -0.39 is 0 Å². The summed E-state index contributed by atoms with van der Waals surface area (Å²) in [7, 11) is 0. The Balaban J connectivity index is 1.27. The van der Waals surface area contributed by atoms with Gasteiger partial charge in [0.2, 0.25) is 0 Å². The number of aromatic nitrogens is 1. The van der Waals surface area contributed by atoms with Crippen molar-refractivity contribution in [3.63, 3.8) is 0 Å². The van der Waals surface area contributed by atoms with Gasteiger partial charge in [0.25, 0.3) is 6.71 Å². The summed E-state index contributed by atoms with van der Waals surface area (Å²) < 4.78 is 9.62. The molecule has 8 aromatic carbocycles. The van der Waals surface area contributed by atoms with E-state index in [9.17, 15) is 0 Å². The monoisotopic (exact) mass is 756 g/mol. The number of fused-ring (bicyclic) bond motifs is 7. The van der Waals surface area contributed by atoms with Gasteiger partial charge >= 0.3 is 0 Å². The molecular weight excluding hydrogens is 715 g/mol. The van der Waals surface area contributed by atoms with E-state index in [1.807, 2.05) is 12.1 Å². The highest BCUT2D eigenvalue weighted by atomic mass is 16.5. The molecule has 0 spiro atoms. The summed E-state index contributed by atoms with van der Waals surface area (Å²) in [5, 5.41) is 2.49. The molecule has 3 nitrogen and oxygen atoms in total. The average molecular weight is 757 g/mol. The number of hydrogen-bond acceptors (Lipinski definition) is 1. The number of aryl methyl sites for hydroxylation is 6. The molecule has 1 aromatic heterocycles. The van der Waals surface area contributed by atoms with Crippen LogP contribution in [0.2, 0.25) is 0 Å². The molecule has 59 heavy (non-hydrogen) atoms. The van der Waals surface area contributed by atoms with E-state index in [-0.39, 0.29) is 6.71 Å². The summed E-state index contributed by atoms with van der Waals surface area (Å²) >= 11 is 0. The third-order valence-corrected chi connectivity index (χ3v) is 12.8. The number of ether oxygens (including phenoxy) is 1. The zero-order chi connectivity index (χ0) is 40.3. The molecule has 11 rings (SSSR count). The van der Waals surface area contributed by atoms with Crippen LogP contribution < -0.4 is 21.1 Å². The lowest BCUT2D eigenvalue weighted by molar-refractivity contribution is 0.487. The van der Waals surface area contributed by atoms with Crippen LogP contribution in [0.1, 0.15) is 33.4 Å². The standard InChI is InChI=1S/C55H41BN2O/c1-31-21-33(3)52(34(4)22-31)40-16-20-48-44(25-40)45-26-42(53-35(5)23-32(2)24-36(53)6)27-47-55(45)58(48)49-28-41(38-13-17-43(57-7)18-14-38)30-51-54(49)56(47)46-19-15-39(29-50(46)59-51)37-11-9-8-10-12-37/h8-30H,1-6H3. The van der Waals surface area contributed by atoms with Gasteiger partial charge in [-0.05, 0) is 161 Å². The first-order valence-electron chi connectivity index (χ1n) is 20.5. The van der Waals surface area contributed by atoms with Crippen molar-refractivity contribution in [2.45, 2.75) is 41.5 Å². The van der Waals surface area contributed by atoms with Crippen molar-refractivity contribution in [3.8, 4) is 61.7 Å². The van der Waals surface area contributed by atoms with Crippen molar-refractivity contribution in [1.82, 2.24) is 4.57 Å². The Kier molecular flexibility index (Phi) is 7.71. The number of hydrogen-bond donors (Lipinski definition) is 0. The molecule has 2 aliphatic heterocycles. The minimum Gasteiger partial charge on any atom is -0.458 e. The molecule has 0 bridgehead atoms. The predicted octanol–water partition coefficient (Wildman–Crippen LogP) is 12.8. The molecule has 0 atom stereocenters. The molecule has 4 heteroatoms. The van der Waals surface area contributed by atoms with Gasteiger partial charge in [-0.1, -0.05) is 114 Å². The topological polar surface area (TPSA) is 18.5 Å². The molecule has 0 aliphatic carbocycles. The molecule has 280 valence electrons. The molecule has 0 saturated carbocycles. The highest BCUT2D eigenvalue weighted by Gasteiger charge is 2.41. The van der Waals surface area contributed by atoms with Crippen molar-refractivity contribution in [2.75, 3.05) is 0 Å². The molecule has 2 aliphatic rings. The van der Waals surface area contributed by atoms with E-state index in [4.69, 9.17) is 11.3 Å². The third kappa shape index (κ3) is 5.35. The lowest BCUT2D eigenvalue weighted by atomic mass is 9.34. The smallest absolute Gasteiger partial charge is 0.256 e. The normalized spacial score (nSPS) is 12.3. The maximum atomic E-state index is 7.58. The second-order valence-electron chi connectivity index (χ2n) is 16.8. The minimum atomic E-state index is -0.0569. The van der Waals surface area contributed by atoms with Crippen LogP contribution in [0.15, 0.2) is 140 Å². The molecular formula is C55H41BN2O. The van der Waals surface area contributed by atoms with E-state index in [0.717, 1.165) is 39.4 Å². The van der Waals surface area contributed by atoms with Crippen molar-refractivity contribution in [2.24, 2.45) is 0 Å². The largest absolute Gasteiger partial charge is 0.458 e. The van der Waals surface area contributed by atoms with Gasteiger partial charge in [-0.2, -0.15) is 0 Å². The van der Waals surface area contributed by atoms with E-state index in [1.54, 1.807) is 0 Å². The van der Waals surface area contributed by atoms with Crippen LogP contribution in [0, 0.1) is 48.1 Å². The molecule has 0 saturated heterocycles. The van der Waals surface area contributed by atoms with E-state index in [0.29, 0.717) is 5.69 Å². The maximum absolute atomic E-state index is 7.58. The van der Waals surface area contributed by atoms with Crippen molar-refractivity contribution < 1.29 is 4.74 Å². The molecule has 0 unspecified atom stereocenters. The Morgan fingerprint density at radius 3 is 1.76 bits per heavy atom. The lowest BCUT2D eigenvalue weighted by Gasteiger charge is -2.34. The van der Waals surface area contributed by atoms with E-state index >= 15 is 0 Å². The van der Waals surface area contributed by atoms with Gasteiger partial charge in [-0.15, -0.1) is 0 Å². The average Bonchev–Trinajstić information content (AvgIpc) is 3.55. The van der Waals surface area contributed by atoms with Gasteiger partial charge in [0, 0.05) is 22.0 Å².